The molecule has 0 bridgehead atoms. The van der Waals surface area contributed by atoms with E-state index in [9.17, 15) is 14.6 Å². The van der Waals surface area contributed by atoms with Crippen molar-refractivity contribution < 1.29 is 9.53 Å². The summed E-state index contributed by atoms with van der Waals surface area (Å²) in [6.45, 7) is 0. The third-order valence-electron chi connectivity index (χ3n) is 3.58. The van der Waals surface area contributed by atoms with E-state index in [-0.39, 0.29) is 17.1 Å². The number of nitrogens with zero attached hydrogens (tertiary/aromatic N) is 2. The fraction of sp³-hybridized carbons (Fsp3) is 0. The van der Waals surface area contributed by atoms with Crippen molar-refractivity contribution >= 4 is 17.3 Å². The highest BCUT2D eigenvalue weighted by molar-refractivity contribution is 5.92. The number of esters is 1. The van der Waals surface area contributed by atoms with E-state index in [1.807, 2.05) is 42.5 Å². The van der Waals surface area contributed by atoms with Gasteiger partial charge in [0.1, 0.15) is 5.69 Å². The molecule has 0 aliphatic heterocycles. The van der Waals surface area contributed by atoms with Crippen molar-refractivity contribution in [2.75, 3.05) is 0 Å². The maximum Gasteiger partial charge on any atom is 0.343 e. The van der Waals surface area contributed by atoms with E-state index in [1.165, 1.54) is 12.1 Å². The number of nitroso groups, excluding NO2 is 2. The smallest absolute Gasteiger partial charge is 0.343 e. The maximum atomic E-state index is 12.2. The number of ether oxygens (including phenoxy) is 1. The Labute approximate surface area is 143 Å². The van der Waals surface area contributed by atoms with Gasteiger partial charge in [0.25, 0.3) is 0 Å². The number of hydrogen-bond acceptors (Lipinski definition) is 6. The van der Waals surface area contributed by atoms with Gasteiger partial charge in [-0.2, -0.15) is 0 Å². The monoisotopic (exact) mass is 332 g/mol. The molecule has 6 heteroatoms. The molecule has 0 aliphatic carbocycles. The molecular weight excluding hydrogens is 320 g/mol. The Kier molecular flexibility index (Phi) is 4.71. The van der Waals surface area contributed by atoms with Crippen LogP contribution in [-0.2, 0) is 0 Å². The van der Waals surface area contributed by atoms with Gasteiger partial charge in [-0.05, 0) is 45.7 Å². The van der Waals surface area contributed by atoms with E-state index in [1.54, 1.807) is 12.1 Å². The molecule has 0 unspecified atom stereocenters. The molecule has 0 N–H and O–H groups in total. The van der Waals surface area contributed by atoms with E-state index < -0.39 is 5.97 Å². The first-order valence-electron chi connectivity index (χ1n) is 7.39. The number of hydrogen-bond donors (Lipinski definition) is 0. The van der Waals surface area contributed by atoms with E-state index in [0.29, 0.717) is 5.56 Å². The normalized spacial score (nSPS) is 10.1. The molecule has 0 aliphatic rings. The third kappa shape index (κ3) is 3.64. The van der Waals surface area contributed by atoms with Crippen LogP contribution in [0.5, 0.6) is 5.75 Å². The summed E-state index contributed by atoms with van der Waals surface area (Å²) in [7, 11) is 0. The average Bonchev–Trinajstić information content (AvgIpc) is 2.69. The van der Waals surface area contributed by atoms with Crippen molar-refractivity contribution in [1.29, 1.82) is 0 Å². The highest BCUT2D eigenvalue weighted by Gasteiger charge is 2.13. The molecule has 0 radical (unpaired) electrons. The lowest BCUT2D eigenvalue weighted by Gasteiger charge is -2.07. The van der Waals surface area contributed by atoms with Crippen LogP contribution in [0.25, 0.3) is 11.1 Å². The van der Waals surface area contributed by atoms with Gasteiger partial charge in [0.15, 0.2) is 11.4 Å². The molecule has 0 spiro atoms. The summed E-state index contributed by atoms with van der Waals surface area (Å²) in [4.78, 5) is 33.5. The predicted molar refractivity (Wildman–Crippen MR) is 94.2 cm³/mol. The summed E-state index contributed by atoms with van der Waals surface area (Å²) in [5.74, 6) is -0.657. The molecule has 3 aromatic rings. The molecule has 0 saturated heterocycles. The number of carbonyl (C=O) groups excluding carboxylic acids is 1. The summed E-state index contributed by atoms with van der Waals surface area (Å²) in [5, 5.41) is 5.46. The molecule has 122 valence electrons. The predicted octanol–water partition coefficient (Wildman–Crippen LogP) is 5.37. The second-order valence-electron chi connectivity index (χ2n) is 5.17. The van der Waals surface area contributed by atoms with E-state index in [2.05, 4.69) is 10.4 Å². The van der Waals surface area contributed by atoms with Gasteiger partial charge in [-0.3, -0.25) is 0 Å². The first kappa shape index (κ1) is 16.2. The van der Waals surface area contributed by atoms with Crippen molar-refractivity contribution in [3.8, 4) is 16.9 Å². The zero-order valence-corrected chi connectivity index (χ0v) is 13.0. The standard InChI is InChI=1S/C19H12N2O4/c22-19(25-18-11-10-16(20-23)12-17(18)21-24)15-8-6-14(7-9-15)13-4-2-1-3-5-13/h1-12H. The van der Waals surface area contributed by atoms with Gasteiger partial charge in [0.2, 0.25) is 0 Å². The van der Waals surface area contributed by atoms with Crippen LogP contribution in [-0.4, -0.2) is 5.97 Å². The highest BCUT2D eigenvalue weighted by atomic mass is 16.5. The molecule has 0 atom stereocenters. The SMILES string of the molecule is O=Nc1ccc(OC(=O)c2ccc(-c3ccccc3)cc2)c(N=O)c1. The fourth-order valence-corrected chi connectivity index (χ4v) is 2.31. The van der Waals surface area contributed by atoms with Crippen LogP contribution in [0, 0.1) is 9.81 Å². The Morgan fingerprint density at radius 1 is 0.760 bits per heavy atom. The zero-order valence-electron chi connectivity index (χ0n) is 13.0. The van der Waals surface area contributed by atoms with Crippen molar-refractivity contribution in [2.24, 2.45) is 10.4 Å². The lowest BCUT2D eigenvalue weighted by atomic mass is 10.0. The number of carbonyl (C=O) groups is 1. The van der Waals surface area contributed by atoms with Crippen molar-refractivity contribution in [3.63, 3.8) is 0 Å². The van der Waals surface area contributed by atoms with Crippen LogP contribution < -0.4 is 4.74 Å². The zero-order chi connectivity index (χ0) is 17.6. The molecule has 0 saturated carbocycles. The quantitative estimate of drug-likeness (QED) is 0.357. The molecule has 25 heavy (non-hydrogen) atoms. The summed E-state index contributed by atoms with van der Waals surface area (Å²) in [6.07, 6.45) is 0. The Bertz CT molecular complexity index is 922. The number of rotatable bonds is 5. The van der Waals surface area contributed by atoms with Gasteiger partial charge in [0, 0.05) is 6.07 Å². The largest absolute Gasteiger partial charge is 0.420 e. The first-order chi connectivity index (χ1) is 12.2. The van der Waals surface area contributed by atoms with Gasteiger partial charge < -0.3 is 4.74 Å². The molecule has 6 nitrogen and oxygen atoms in total. The third-order valence-corrected chi connectivity index (χ3v) is 3.58. The van der Waals surface area contributed by atoms with Crippen molar-refractivity contribution in [1.82, 2.24) is 0 Å². The van der Waals surface area contributed by atoms with Crippen molar-refractivity contribution in [2.45, 2.75) is 0 Å². The van der Waals surface area contributed by atoms with Crippen LogP contribution in [0.3, 0.4) is 0 Å². The summed E-state index contributed by atoms with van der Waals surface area (Å²) in [5.41, 5.74) is 2.20. The second kappa shape index (κ2) is 7.27. The van der Waals surface area contributed by atoms with E-state index >= 15 is 0 Å². The number of benzene rings is 3. The maximum absolute atomic E-state index is 12.2. The minimum atomic E-state index is -0.628. The Balaban J connectivity index is 1.80. The summed E-state index contributed by atoms with van der Waals surface area (Å²) < 4.78 is 5.19. The van der Waals surface area contributed by atoms with Crippen LogP contribution in [0.1, 0.15) is 10.4 Å². The van der Waals surface area contributed by atoms with Gasteiger partial charge >= 0.3 is 5.97 Å². The molecule has 3 rings (SSSR count). The second-order valence-corrected chi connectivity index (χ2v) is 5.17. The molecule has 0 amide bonds. The average molecular weight is 332 g/mol. The summed E-state index contributed by atoms with van der Waals surface area (Å²) in [6, 6.07) is 20.4. The van der Waals surface area contributed by atoms with Crippen LogP contribution in [0.4, 0.5) is 11.4 Å². The molecule has 3 aromatic carbocycles. The molecular formula is C19H12N2O4. The Hall–Kier alpha value is -3.67. The minimum Gasteiger partial charge on any atom is -0.420 e. The minimum absolute atomic E-state index is 0.0282. The van der Waals surface area contributed by atoms with Gasteiger partial charge in [-0.25, -0.2) is 4.79 Å². The van der Waals surface area contributed by atoms with E-state index in [4.69, 9.17) is 4.74 Å². The van der Waals surface area contributed by atoms with Crippen LogP contribution in [0.2, 0.25) is 0 Å². The Morgan fingerprint density at radius 2 is 1.44 bits per heavy atom. The Morgan fingerprint density at radius 3 is 2.08 bits per heavy atom. The highest BCUT2D eigenvalue weighted by Crippen LogP contribution is 2.32. The molecule has 0 aromatic heterocycles. The summed E-state index contributed by atoms with van der Waals surface area (Å²) >= 11 is 0. The van der Waals surface area contributed by atoms with Gasteiger partial charge in [0.05, 0.1) is 5.56 Å². The van der Waals surface area contributed by atoms with Crippen LogP contribution >= 0.6 is 0 Å². The van der Waals surface area contributed by atoms with Gasteiger partial charge in [-0.1, -0.05) is 42.5 Å². The lowest BCUT2D eigenvalue weighted by Crippen LogP contribution is -2.08. The van der Waals surface area contributed by atoms with Crippen LogP contribution in [0.15, 0.2) is 83.2 Å². The molecule has 0 fully saturated rings. The van der Waals surface area contributed by atoms with E-state index in [0.717, 1.165) is 17.2 Å². The van der Waals surface area contributed by atoms with Crippen molar-refractivity contribution in [3.05, 3.63) is 88.2 Å². The molecule has 0 heterocycles. The van der Waals surface area contributed by atoms with Gasteiger partial charge in [-0.15, -0.1) is 9.81 Å². The first-order valence-corrected chi connectivity index (χ1v) is 7.39. The fourth-order valence-electron chi connectivity index (χ4n) is 2.31. The topological polar surface area (TPSA) is 85.2 Å². The lowest BCUT2D eigenvalue weighted by molar-refractivity contribution is 0.0735.